The molecule has 0 aromatic heterocycles. The largest absolute Gasteiger partial charge is 0.271 e. The highest BCUT2D eigenvalue weighted by Gasteiger charge is 2.01. The van der Waals surface area contributed by atoms with Gasteiger partial charge >= 0.3 is 0 Å². The number of aryl methyl sites for hydroxylation is 1. The van der Waals surface area contributed by atoms with Gasteiger partial charge in [0.1, 0.15) is 0 Å². The van der Waals surface area contributed by atoms with Crippen molar-refractivity contribution in [3.8, 4) is 0 Å². The van der Waals surface area contributed by atoms with E-state index >= 15 is 0 Å². The van der Waals surface area contributed by atoms with Gasteiger partial charge in [-0.1, -0.05) is 56.9 Å². The van der Waals surface area contributed by atoms with E-state index in [2.05, 4.69) is 43.5 Å². The first-order valence-electron chi connectivity index (χ1n) is 6.83. The topological polar surface area (TPSA) is 38.0 Å². The van der Waals surface area contributed by atoms with Crippen molar-refractivity contribution >= 4 is 0 Å². The van der Waals surface area contributed by atoms with Crippen molar-refractivity contribution < 1.29 is 0 Å². The monoisotopic (exact) mass is 234 g/mol. The molecule has 1 aromatic rings. The lowest BCUT2D eigenvalue weighted by molar-refractivity contribution is 0.601. The zero-order chi connectivity index (χ0) is 12.5. The second kappa shape index (κ2) is 8.26. The molecule has 0 aliphatic rings. The van der Waals surface area contributed by atoms with Crippen molar-refractivity contribution in [2.75, 3.05) is 0 Å². The highest BCUT2D eigenvalue weighted by atomic mass is 15.2. The zero-order valence-corrected chi connectivity index (χ0v) is 11.2. The molecule has 0 spiro atoms. The Morgan fingerprint density at radius 1 is 1.06 bits per heavy atom. The fourth-order valence-corrected chi connectivity index (χ4v) is 2.00. The molecule has 0 aliphatic heterocycles. The third-order valence-corrected chi connectivity index (χ3v) is 3.30. The van der Waals surface area contributed by atoms with Gasteiger partial charge in [0.25, 0.3) is 0 Å². The molecule has 96 valence electrons. The van der Waals surface area contributed by atoms with E-state index in [-0.39, 0.29) is 6.04 Å². The minimum Gasteiger partial charge on any atom is -0.271 e. The molecule has 0 saturated heterocycles. The Morgan fingerprint density at radius 2 is 1.71 bits per heavy atom. The summed E-state index contributed by atoms with van der Waals surface area (Å²) < 4.78 is 0. The van der Waals surface area contributed by atoms with Crippen LogP contribution in [0.4, 0.5) is 0 Å². The van der Waals surface area contributed by atoms with Crippen molar-refractivity contribution in [3.05, 3.63) is 35.4 Å². The van der Waals surface area contributed by atoms with Gasteiger partial charge in [0, 0.05) is 6.04 Å². The maximum Gasteiger partial charge on any atom is 0.0431 e. The van der Waals surface area contributed by atoms with Crippen LogP contribution in [0.15, 0.2) is 24.3 Å². The van der Waals surface area contributed by atoms with E-state index in [4.69, 9.17) is 5.84 Å². The Hall–Kier alpha value is -0.860. The molecule has 17 heavy (non-hydrogen) atoms. The lowest BCUT2D eigenvalue weighted by atomic mass is 10.0. The third kappa shape index (κ3) is 5.33. The number of hydrazine groups is 1. The first kappa shape index (κ1) is 14.2. The Labute approximate surface area is 106 Å². The molecule has 0 heterocycles. The van der Waals surface area contributed by atoms with Gasteiger partial charge < -0.3 is 0 Å². The molecule has 0 saturated carbocycles. The lowest BCUT2D eigenvalue weighted by Gasteiger charge is -2.10. The van der Waals surface area contributed by atoms with Crippen molar-refractivity contribution in [2.24, 2.45) is 5.84 Å². The van der Waals surface area contributed by atoms with E-state index in [1.165, 1.54) is 49.7 Å². The third-order valence-electron chi connectivity index (χ3n) is 3.30. The van der Waals surface area contributed by atoms with Gasteiger partial charge in [-0.25, -0.2) is 0 Å². The molecule has 0 unspecified atom stereocenters. The van der Waals surface area contributed by atoms with Gasteiger partial charge in [-0.15, -0.1) is 0 Å². The molecule has 1 aromatic carbocycles. The molecular weight excluding hydrogens is 208 g/mol. The molecule has 1 rings (SSSR count). The number of nitrogens with two attached hydrogens (primary N) is 1. The Kier molecular flexibility index (Phi) is 6.90. The summed E-state index contributed by atoms with van der Waals surface area (Å²) in [6.07, 6.45) is 7.94. The van der Waals surface area contributed by atoms with Crippen molar-refractivity contribution in [1.82, 2.24) is 5.43 Å². The number of nitrogens with one attached hydrogen (secondary N) is 1. The van der Waals surface area contributed by atoms with Crippen LogP contribution in [-0.4, -0.2) is 0 Å². The van der Waals surface area contributed by atoms with E-state index in [0.29, 0.717) is 0 Å². The Bertz CT molecular complexity index is 292. The standard InChI is InChI=1S/C15H26N2/c1-3-4-5-6-7-8-14-9-11-15(12-10-14)13(2)17-16/h9-13,17H,3-8,16H2,1-2H3/t13-/m0/s1. The average Bonchev–Trinajstić information content (AvgIpc) is 2.38. The normalized spacial score (nSPS) is 12.6. The number of hydrogen-bond donors (Lipinski definition) is 2. The average molecular weight is 234 g/mol. The molecule has 0 aliphatic carbocycles. The molecule has 0 fully saturated rings. The number of rotatable bonds is 8. The number of hydrogen-bond acceptors (Lipinski definition) is 2. The molecule has 0 bridgehead atoms. The summed E-state index contributed by atoms with van der Waals surface area (Å²) in [5.41, 5.74) is 5.46. The first-order valence-corrected chi connectivity index (χ1v) is 6.83. The fourth-order valence-electron chi connectivity index (χ4n) is 2.00. The van der Waals surface area contributed by atoms with Crippen LogP contribution in [0.1, 0.15) is 63.1 Å². The summed E-state index contributed by atoms with van der Waals surface area (Å²) in [4.78, 5) is 0. The van der Waals surface area contributed by atoms with Crippen LogP contribution < -0.4 is 11.3 Å². The van der Waals surface area contributed by atoms with Crippen molar-refractivity contribution in [1.29, 1.82) is 0 Å². The minimum absolute atomic E-state index is 0.230. The van der Waals surface area contributed by atoms with Crippen LogP contribution >= 0.6 is 0 Å². The Morgan fingerprint density at radius 3 is 2.29 bits per heavy atom. The van der Waals surface area contributed by atoms with E-state index in [9.17, 15) is 0 Å². The quantitative estimate of drug-likeness (QED) is 0.409. The first-order chi connectivity index (χ1) is 8.27. The number of benzene rings is 1. The summed E-state index contributed by atoms with van der Waals surface area (Å²) in [5, 5.41) is 0. The van der Waals surface area contributed by atoms with Crippen LogP contribution in [-0.2, 0) is 6.42 Å². The van der Waals surface area contributed by atoms with Gasteiger partial charge in [-0.05, 0) is 30.9 Å². The second-order valence-electron chi connectivity index (χ2n) is 4.79. The second-order valence-corrected chi connectivity index (χ2v) is 4.79. The maximum absolute atomic E-state index is 5.42. The van der Waals surface area contributed by atoms with Crippen LogP contribution in [0.3, 0.4) is 0 Å². The molecular formula is C15H26N2. The summed E-state index contributed by atoms with van der Waals surface area (Å²) in [7, 11) is 0. The van der Waals surface area contributed by atoms with E-state index in [0.717, 1.165) is 0 Å². The minimum atomic E-state index is 0.230. The fraction of sp³-hybridized carbons (Fsp3) is 0.600. The smallest absolute Gasteiger partial charge is 0.0431 e. The lowest BCUT2D eigenvalue weighted by Crippen LogP contribution is -2.25. The molecule has 2 heteroatoms. The summed E-state index contributed by atoms with van der Waals surface area (Å²) >= 11 is 0. The van der Waals surface area contributed by atoms with Gasteiger partial charge in [0.05, 0.1) is 0 Å². The maximum atomic E-state index is 5.42. The van der Waals surface area contributed by atoms with Gasteiger partial charge in [0.15, 0.2) is 0 Å². The summed E-state index contributed by atoms with van der Waals surface area (Å²) in [6.45, 7) is 4.32. The van der Waals surface area contributed by atoms with Gasteiger partial charge in [-0.3, -0.25) is 11.3 Å². The van der Waals surface area contributed by atoms with Crippen molar-refractivity contribution in [2.45, 2.75) is 58.4 Å². The van der Waals surface area contributed by atoms with E-state index in [1.54, 1.807) is 0 Å². The predicted octanol–water partition coefficient (Wildman–Crippen LogP) is 3.72. The molecule has 1 atom stereocenters. The zero-order valence-electron chi connectivity index (χ0n) is 11.2. The van der Waals surface area contributed by atoms with Crippen molar-refractivity contribution in [3.63, 3.8) is 0 Å². The van der Waals surface area contributed by atoms with Crippen LogP contribution in [0.25, 0.3) is 0 Å². The number of unbranched alkanes of at least 4 members (excludes halogenated alkanes) is 4. The van der Waals surface area contributed by atoms with E-state index in [1.807, 2.05) is 0 Å². The predicted molar refractivity (Wildman–Crippen MR) is 74.6 cm³/mol. The molecule has 0 radical (unpaired) electrons. The summed E-state index contributed by atoms with van der Waals surface area (Å²) in [6, 6.07) is 9.03. The Balaban J connectivity index is 2.30. The summed E-state index contributed by atoms with van der Waals surface area (Å²) in [5.74, 6) is 5.42. The van der Waals surface area contributed by atoms with Gasteiger partial charge in [-0.2, -0.15) is 0 Å². The van der Waals surface area contributed by atoms with Gasteiger partial charge in [0.2, 0.25) is 0 Å². The molecule has 2 nitrogen and oxygen atoms in total. The van der Waals surface area contributed by atoms with Crippen LogP contribution in [0, 0.1) is 0 Å². The highest BCUT2D eigenvalue weighted by molar-refractivity contribution is 5.24. The SMILES string of the molecule is CCCCCCCc1ccc([C@H](C)NN)cc1. The van der Waals surface area contributed by atoms with Crippen LogP contribution in [0.5, 0.6) is 0 Å². The molecule has 3 N–H and O–H groups in total. The molecule has 0 amide bonds. The van der Waals surface area contributed by atoms with E-state index < -0.39 is 0 Å². The highest BCUT2D eigenvalue weighted by Crippen LogP contribution is 2.14. The van der Waals surface area contributed by atoms with Crippen LogP contribution in [0.2, 0.25) is 0 Å².